The summed E-state index contributed by atoms with van der Waals surface area (Å²) in [6, 6.07) is 12.2. The minimum Gasteiger partial charge on any atom is -0.354 e. The monoisotopic (exact) mass is 327 g/mol. The molecule has 1 aromatic carbocycles. The fourth-order valence-electron chi connectivity index (χ4n) is 3.04. The Hall–Kier alpha value is -2.11. The highest BCUT2D eigenvalue weighted by Crippen LogP contribution is 2.19. The van der Waals surface area contributed by atoms with Gasteiger partial charge in [0.25, 0.3) is 0 Å². The van der Waals surface area contributed by atoms with E-state index in [4.69, 9.17) is 11.6 Å². The van der Waals surface area contributed by atoms with Gasteiger partial charge in [-0.1, -0.05) is 29.8 Å². The van der Waals surface area contributed by atoms with Crippen molar-refractivity contribution in [3.05, 3.63) is 53.3 Å². The number of nitrogens with zero attached hydrogens (tertiary/aromatic N) is 4. The average molecular weight is 328 g/mol. The molecule has 3 heterocycles. The van der Waals surface area contributed by atoms with Crippen molar-refractivity contribution in [1.29, 1.82) is 0 Å². The van der Waals surface area contributed by atoms with Crippen LogP contribution in [-0.4, -0.2) is 46.3 Å². The molecule has 0 spiro atoms. The smallest absolute Gasteiger partial charge is 0.128 e. The first-order valence-corrected chi connectivity index (χ1v) is 8.18. The number of rotatable bonds is 3. The minimum atomic E-state index is 0.679. The highest BCUT2D eigenvalue weighted by Gasteiger charge is 2.19. The molecule has 4 rings (SSSR count). The third-order valence-corrected chi connectivity index (χ3v) is 4.55. The van der Waals surface area contributed by atoms with Crippen LogP contribution in [0, 0.1) is 0 Å². The summed E-state index contributed by atoms with van der Waals surface area (Å²) in [7, 11) is 0. The molecule has 6 heteroatoms. The molecular weight excluding hydrogens is 310 g/mol. The molecular formula is C17H18ClN5. The Labute approximate surface area is 139 Å². The molecule has 1 fully saturated rings. The highest BCUT2D eigenvalue weighted by molar-refractivity contribution is 6.30. The van der Waals surface area contributed by atoms with Crippen LogP contribution in [0.3, 0.4) is 0 Å². The SMILES string of the molecule is Clc1ccc(N2CCN(Cc3n[nH]c4ccccc34)CC2)nc1. The molecule has 0 unspecified atom stereocenters. The van der Waals surface area contributed by atoms with E-state index in [2.05, 4.69) is 43.2 Å². The lowest BCUT2D eigenvalue weighted by atomic mass is 10.2. The molecule has 5 nitrogen and oxygen atoms in total. The Morgan fingerprint density at radius 3 is 2.65 bits per heavy atom. The van der Waals surface area contributed by atoms with Crippen molar-refractivity contribution in [1.82, 2.24) is 20.1 Å². The molecule has 0 bridgehead atoms. The van der Waals surface area contributed by atoms with Gasteiger partial charge in [0, 0.05) is 44.3 Å². The van der Waals surface area contributed by atoms with Crippen LogP contribution in [0.5, 0.6) is 0 Å². The van der Waals surface area contributed by atoms with Crippen molar-refractivity contribution in [2.45, 2.75) is 6.54 Å². The molecule has 2 aromatic heterocycles. The average Bonchev–Trinajstić information content (AvgIpc) is 3.00. The normalized spacial score (nSPS) is 16.1. The Morgan fingerprint density at radius 2 is 1.87 bits per heavy atom. The highest BCUT2D eigenvalue weighted by atomic mass is 35.5. The molecule has 0 radical (unpaired) electrons. The number of nitrogens with one attached hydrogen (secondary N) is 1. The Morgan fingerprint density at radius 1 is 1.04 bits per heavy atom. The predicted molar refractivity (Wildman–Crippen MR) is 92.8 cm³/mol. The molecule has 3 aromatic rings. The molecule has 0 saturated carbocycles. The first kappa shape index (κ1) is 14.5. The summed E-state index contributed by atoms with van der Waals surface area (Å²) >= 11 is 5.90. The van der Waals surface area contributed by atoms with Gasteiger partial charge in [0.05, 0.1) is 16.2 Å². The van der Waals surface area contributed by atoms with Crippen LogP contribution in [0.25, 0.3) is 10.9 Å². The summed E-state index contributed by atoms with van der Waals surface area (Å²) in [4.78, 5) is 9.14. The van der Waals surface area contributed by atoms with Crippen LogP contribution in [0.4, 0.5) is 5.82 Å². The van der Waals surface area contributed by atoms with Crippen molar-refractivity contribution in [2.24, 2.45) is 0 Å². The van der Waals surface area contributed by atoms with Crippen LogP contribution < -0.4 is 4.90 Å². The Balaban J connectivity index is 1.41. The molecule has 0 atom stereocenters. The van der Waals surface area contributed by atoms with Gasteiger partial charge in [-0.05, 0) is 18.2 Å². The standard InChI is InChI=1S/C17H18ClN5/c18-13-5-6-17(19-11-13)23-9-7-22(8-10-23)12-16-14-3-1-2-4-15(14)20-21-16/h1-6,11H,7-10,12H2,(H,20,21). The van der Waals surface area contributed by atoms with E-state index in [1.807, 2.05) is 18.2 Å². The van der Waals surface area contributed by atoms with Gasteiger partial charge < -0.3 is 4.90 Å². The number of pyridine rings is 1. The van der Waals surface area contributed by atoms with Crippen LogP contribution in [0.15, 0.2) is 42.6 Å². The van der Waals surface area contributed by atoms with Crippen molar-refractivity contribution < 1.29 is 0 Å². The zero-order chi connectivity index (χ0) is 15.6. The fourth-order valence-corrected chi connectivity index (χ4v) is 3.15. The summed E-state index contributed by atoms with van der Waals surface area (Å²) in [6.07, 6.45) is 1.71. The molecule has 1 saturated heterocycles. The molecule has 0 aliphatic carbocycles. The van der Waals surface area contributed by atoms with Gasteiger partial charge in [-0.15, -0.1) is 0 Å². The minimum absolute atomic E-state index is 0.679. The van der Waals surface area contributed by atoms with Crippen LogP contribution in [0.1, 0.15) is 5.69 Å². The molecule has 1 aliphatic rings. The number of H-pyrrole nitrogens is 1. The summed E-state index contributed by atoms with van der Waals surface area (Å²) in [5, 5.41) is 9.47. The fraction of sp³-hybridized carbons (Fsp3) is 0.294. The predicted octanol–water partition coefficient (Wildman–Crippen LogP) is 2.93. The number of piperazine rings is 1. The van der Waals surface area contributed by atoms with E-state index >= 15 is 0 Å². The van der Waals surface area contributed by atoms with E-state index in [0.717, 1.165) is 49.8 Å². The van der Waals surface area contributed by atoms with E-state index in [9.17, 15) is 0 Å². The first-order valence-electron chi connectivity index (χ1n) is 7.80. The number of hydrogen-bond donors (Lipinski definition) is 1. The molecule has 23 heavy (non-hydrogen) atoms. The van der Waals surface area contributed by atoms with E-state index in [-0.39, 0.29) is 0 Å². The lowest BCUT2D eigenvalue weighted by molar-refractivity contribution is 0.247. The second-order valence-corrected chi connectivity index (χ2v) is 6.25. The summed E-state index contributed by atoms with van der Waals surface area (Å²) < 4.78 is 0. The van der Waals surface area contributed by atoms with Crippen molar-refractivity contribution >= 4 is 28.3 Å². The van der Waals surface area contributed by atoms with Gasteiger partial charge in [-0.3, -0.25) is 10.00 Å². The van der Waals surface area contributed by atoms with E-state index in [1.165, 1.54) is 5.39 Å². The second kappa shape index (κ2) is 6.18. The van der Waals surface area contributed by atoms with Crippen molar-refractivity contribution in [2.75, 3.05) is 31.1 Å². The molecule has 0 amide bonds. The van der Waals surface area contributed by atoms with Crippen molar-refractivity contribution in [3.8, 4) is 0 Å². The number of fused-ring (bicyclic) bond motifs is 1. The molecule has 1 aliphatic heterocycles. The number of para-hydroxylation sites is 1. The van der Waals surface area contributed by atoms with Gasteiger partial charge in [0.2, 0.25) is 0 Å². The third kappa shape index (κ3) is 3.02. The van der Waals surface area contributed by atoms with Gasteiger partial charge in [0.15, 0.2) is 0 Å². The lowest BCUT2D eigenvalue weighted by Gasteiger charge is -2.35. The summed E-state index contributed by atoms with van der Waals surface area (Å²) in [5.74, 6) is 0.999. The number of aromatic nitrogens is 3. The van der Waals surface area contributed by atoms with E-state index in [1.54, 1.807) is 6.20 Å². The first-order chi connectivity index (χ1) is 11.3. The maximum Gasteiger partial charge on any atom is 0.128 e. The maximum absolute atomic E-state index is 5.90. The zero-order valence-electron chi connectivity index (χ0n) is 12.7. The lowest BCUT2D eigenvalue weighted by Crippen LogP contribution is -2.46. The van der Waals surface area contributed by atoms with Gasteiger partial charge in [0.1, 0.15) is 5.82 Å². The second-order valence-electron chi connectivity index (χ2n) is 5.81. The topological polar surface area (TPSA) is 48.0 Å². The third-order valence-electron chi connectivity index (χ3n) is 4.33. The number of halogens is 1. The molecule has 118 valence electrons. The van der Waals surface area contributed by atoms with E-state index in [0.29, 0.717) is 5.02 Å². The van der Waals surface area contributed by atoms with Crippen molar-refractivity contribution in [3.63, 3.8) is 0 Å². The number of aromatic amines is 1. The molecule has 1 N–H and O–H groups in total. The Bertz CT molecular complexity index is 790. The van der Waals surface area contributed by atoms with Gasteiger partial charge in [-0.2, -0.15) is 5.10 Å². The quantitative estimate of drug-likeness (QED) is 0.803. The van der Waals surface area contributed by atoms with Crippen LogP contribution in [0.2, 0.25) is 5.02 Å². The summed E-state index contributed by atoms with van der Waals surface area (Å²) in [5.41, 5.74) is 2.23. The summed E-state index contributed by atoms with van der Waals surface area (Å²) in [6.45, 7) is 4.83. The maximum atomic E-state index is 5.90. The largest absolute Gasteiger partial charge is 0.354 e. The Kier molecular flexibility index (Phi) is 3.89. The van der Waals surface area contributed by atoms with Crippen LogP contribution in [-0.2, 0) is 6.54 Å². The number of anilines is 1. The number of benzene rings is 1. The van der Waals surface area contributed by atoms with Gasteiger partial charge in [-0.25, -0.2) is 4.98 Å². The van der Waals surface area contributed by atoms with Gasteiger partial charge >= 0.3 is 0 Å². The van der Waals surface area contributed by atoms with Crippen LogP contribution >= 0.6 is 11.6 Å². The van der Waals surface area contributed by atoms with E-state index < -0.39 is 0 Å². The number of hydrogen-bond acceptors (Lipinski definition) is 4. The zero-order valence-corrected chi connectivity index (χ0v) is 13.5.